The van der Waals surface area contributed by atoms with Gasteiger partial charge in [-0.3, -0.25) is 4.99 Å². The quantitative estimate of drug-likeness (QED) is 0.0349. The highest BCUT2D eigenvalue weighted by molar-refractivity contribution is 5.96. The number of ether oxygens (including phenoxy) is 6. The predicted octanol–water partition coefficient (Wildman–Crippen LogP) is 0.0134. The molecule has 1 aliphatic heterocycles. The molecule has 1 heterocycles. The molecule has 1 aliphatic rings. The number of benzene rings is 3. The minimum Gasteiger partial charge on any atom is -0.504 e. The second-order valence-electron chi connectivity index (χ2n) is 12.7. The number of rotatable bonds is 18. The number of aliphatic hydroxyl groups is 5. The number of aromatic hydroxyl groups is 2. The molecule has 0 amide bonds. The average Bonchev–Trinajstić information content (AvgIpc) is 3.19. The molecule has 20 nitrogen and oxygen atoms in total. The maximum absolute atomic E-state index is 13.4. The molecule has 0 radical (unpaired) electrons. The third kappa shape index (κ3) is 10.8. The Morgan fingerprint density at radius 3 is 2.32 bits per heavy atom. The number of methoxy groups -OCH3 is 1. The van der Waals surface area contributed by atoms with Crippen LogP contribution < -0.4 is 35.3 Å². The number of carboxylic acid groups (broad SMARTS) is 1. The van der Waals surface area contributed by atoms with E-state index >= 15 is 0 Å². The first-order valence-electron chi connectivity index (χ1n) is 17.6. The molecular formula is C37H48N4O16. The molecule has 0 aromatic heterocycles. The van der Waals surface area contributed by atoms with E-state index in [1.807, 2.05) is 31.2 Å². The van der Waals surface area contributed by atoms with E-state index in [4.69, 9.17) is 34.2 Å². The molecular weight excluding hydrogens is 756 g/mol. The fourth-order valence-electron chi connectivity index (χ4n) is 5.55. The third-order valence-electron chi connectivity index (χ3n) is 8.74. The van der Waals surface area contributed by atoms with Gasteiger partial charge in [0.2, 0.25) is 24.1 Å². The fourth-order valence-corrected chi connectivity index (χ4v) is 5.55. The number of hydrogen-bond donors (Lipinski definition) is 11. The number of carboxylic acids is 1. The zero-order valence-electron chi connectivity index (χ0n) is 31.5. The van der Waals surface area contributed by atoms with Crippen molar-refractivity contribution in [3.05, 3.63) is 64.7 Å². The Bertz CT molecular complexity index is 1890. The van der Waals surface area contributed by atoms with E-state index in [9.17, 15) is 50.4 Å². The van der Waals surface area contributed by atoms with Crippen LogP contribution in [0.5, 0.6) is 34.5 Å². The van der Waals surface area contributed by atoms with Crippen LogP contribution in [-0.4, -0.2) is 136 Å². The molecule has 0 spiro atoms. The lowest BCUT2D eigenvalue weighted by Gasteiger charge is -2.41. The van der Waals surface area contributed by atoms with Crippen molar-refractivity contribution in [3.63, 3.8) is 0 Å². The van der Waals surface area contributed by atoms with Crippen LogP contribution in [0.2, 0.25) is 0 Å². The van der Waals surface area contributed by atoms with Gasteiger partial charge in [0.25, 0.3) is 0 Å². The van der Waals surface area contributed by atoms with E-state index in [0.717, 1.165) is 35.7 Å². The zero-order chi connectivity index (χ0) is 42.0. The van der Waals surface area contributed by atoms with Crippen molar-refractivity contribution < 1.29 is 78.9 Å². The molecule has 12 N–H and O–H groups in total. The Morgan fingerprint density at radius 1 is 0.965 bits per heavy atom. The van der Waals surface area contributed by atoms with Gasteiger partial charge in [0.05, 0.1) is 31.6 Å². The van der Waals surface area contributed by atoms with E-state index in [1.165, 1.54) is 14.2 Å². The standard InChI is InChI=1S/C37H48N4O16/c1-5-18-7-6-8-19(11-18)9-10-53-31-26(43)21(13-25(52-4)27(31)44)34(50)57-35(51)32-29(46)28(45)30(47)36(56-32)55-24-14-22(41-17(2)15-42)20(33(48)49)12-23(24)54-16-40-37(38)39-3/h6-8,11-14,17,28-30,32,35-36,41-47,51H,5,9-10,15-16H2,1-4H3,(H,48,49)(H3,38,39,40)/t17-,28+,29+,30-,32+,35+,36-/m1/s1. The van der Waals surface area contributed by atoms with Crippen LogP contribution in [0.15, 0.2) is 47.5 Å². The molecule has 0 aliphatic carbocycles. The summed E-state index contributed by atoms with van der Waals surface area (Å²) in [6.45, 7) is 2.77. The SMILES string of the molecule is CCc1cccc(CCOc2c(O)c(OC)cc(C(=O)O[C@H](O)[C@H]3O[C@@H](Oc4cc(N[C@H](C)CO)c(C(=O)O)cc4OCNC(N)=NC)[C@H](O)[C@@H](O)[C@@H]3O)c2O)c1. The molecule has 1 saturated heterocycles. The average molecular weight is 805 g/mol. The summed E-state index contributed by atoms with van der Waals surface area (Å²) in [4.78, 5) is 29.2. The minimum atomic E-state index is -2.40. The first kappa shape index (κ1) is 44.0. The number of aryl methyl sites for hydroxylation is 1. The predicted molar refractivity (Wildman–Crippen MR) is 200 cm³/mol. The number of aliphatic imine (C=N–C) groups is 1. The molecule has 0 bridgehead atoms. The number of anilines is 1. The van der Waals surface area contributed by atoms with Crippen LogP contribution in [-0.2, 0) is 22.3 Å². The normalized spacial score (nSPS) is 20.5. The number of aliphatic hydroxyl groups excluding tert-OH is 5. The van der Waals surface area contributed by atoms with Gasteiger partial charge >= 0.3 is 11.9 Å². The van der Waals surface area contributed by atoms with Crippen LogP contribution in [0.3, 0.4) is 0 Å². The molecule has 3 aromatic carbocycles. The molecule has 4 rings (SSSR count). The maximum Gasteiger partial charge on any atom is 0.344 e. The molecule has 0 saturated carbocycles. The Morgan fingerprint density at radius 2 is 1.67 bits per heavy atom. The lowest BCUT2D eigenvalue weighted by molar-refractivity contribution is -0.309. The van der Waals surface area contributed by atoms with Crippen LogP contribution in [0.1, 0.15) is 45.7 Å². The summed E-state index contributed by atoms with van der Waals surface area (Å²) in [5, 5.41) is 89.9. The van der Waals surface area contributed by atoms with Crippen molar-refractivity contribution in [1.82, 2.24) is 5.32 Å². The number of esters is 1. The highest BCUT2D eigenvalue weighted by atomic mass is 16.7. The number of carbonyl (C=O) groups excluding carboxylic acids is 1. The molecule has 0 unspecified atom stereocenters. The first-order valence-corrected chi connectivity index (χ1v) is 17.6. The Kier molecular flexibility index (Phi) is 15.3. The second-order valence-corrected chi connectivity index (χ2v) is 12.7. The highest BCUT2D eigenvalue weighted by Gasteiger charge is 2.49. The van der Waals surface area contributed by atoms with Crippen molar-refractivity contribution in [2.24, 2.45) is 10.7 Å². The molecule has 7 atom stereocenters. The van der Waals surface area contributed by atoms with E-state index < -0.39 is 84.4 Å². The van der Waals surface area contributed by atoms with Gasteiger partial charge in [-0.1, -0.05) is 31.2 Å². The number of nitrogens with one attached hydrogen (secondary N) is 2. The summed E-state index contributed by atoms with van der Waals surface area (Å²) in [6, 6.07) is 10.2. The van der Waals surface area contributed by atoms with Gasteiger partial charge in [0.1, 0.15) is 23.9 Å². The van der Waals surface area contributed by atoms with Crippen molar-refractivity contribution in [1.29, 1.82) is 0 Å². The number of nitrogens with zero attached hydrogens (tertiary/aromatic N) is 1. The summed E-state index contributed by atoms with van der Waals surface area (Å²) in [6.07, 6.45) is -11.4. The molecule has 57 heavy (non-hydrogen) atoms. The molecule has 312 valence electrons. The van der Waals surface area contributed by atoms with E-state index in [0.29, 0.717) is 6.42 Å². The van der Waals surface area contributed by atoms with Gasteiger partial charge in [-0.2, -0.15) is 0 Å². The zero-order valence-corrected chi connectivity index (χ0v) is 31.5. The van der Waals surface area contributed by atoms with Gasteiger partial charge in [-0.05, 0) is 24.5 Å². The lowest BCUT2D eigenvalue weighted by Crippen LogP contribution is -2.62. The van der Waals surface area contributed by atoms with Crippen LogP contribution in [0, 0.1) is 0 Å². The largest absolute Gasteiger partial charge is 0.504 e. The number of hydrogen-bond acceptors (Lipinski definition) is 17. The molecule has 3 aromatic rings. The van der Waals surface area contributed by atoms with Crippen LogP contribution >= 0.6 is 0 Å². The van der Waals surface area contributed by atoms with Crippen molar-refractivity contribution in [2.45, 2.75) is 69.7 Å². The summed E-state index contributed by atoms with van der Waals surface area (Å²) < 4.78 is 32.9. The first-order chi connectivity index (χ1) is 27.1. The number of phenols is 2. The van der Waals surface area contributed by atoms with Gasteiger partial charge in [-0.25, -0.2) is 9.59 Å². The summed E-state index contributed by atoms with van der Waals surface area (Å²) in [7, 11) is 2.58. The van der Waals surface area contributed by atoms with Crippen molar-refractivity contribution in [3.8, 4) is 34.5 Å². The summed E-state index contributed by atoms with van der Waals surface area (Å²) >= 11 is 0. The lowest BCUT2D eigenvalue weighted by atomic mass is 9.98. The van der Waals surface area contributed by atoms with E-state index in [1.54, 1.807) is 6.92 Å². The van der Waals surface area contributed by atoms with E-state index in [-0.39, 0.29) is 47.8 Å². The fraction of sp³-hybridized carbons (Fsp3) is 0.432. The second kappa shape index (κ2) is 19.9. The van der Waals surface area contributed by atoms with Gasteiger partial charge in [-0.15, -0.1) is 0 Å². The highest BCUT2D eigenvalue weighted by Crippen LogP contribution is 2.46. The minimum absolute atomic E-state index is 0.0307. The number of phenolic OH excluding ortho intramolecular Hbond substituents is 2. The van der Waals surface area contributed by atoms with Crippen LogP contribution in [0.25, 0.3) is 0 Å². The van der Waals surface area contributed by atoms with Crippen LogP contribution in [0.4, 0.5) is 5.69 Å². The number of aromatic carboxylic acids is 1. The molecule has 1 fully saturated rings. The topological polar surface area (TPSA) is 314 Å². The molecule has 20 heteroatoms. The van der Waals surface area contributed by atoms with Gasteiger partial charge in [0, 0.05) is 37.7 Å². The third-order valence-corrected chi connectivity index (χ3v) is 8.74. The Hall–Kier alpha value is -5.77. The van der Waals surface area contributed by atoms with E-state index in [2.05, 4.69) is 15.6 Å². The number of nitrogens with two attached hydrogens (primary N) is 1. The van der Waals surface area contributed by atoms with Gasteiger partial charge < -0.3 is 85.6 Å². The summed E-state index contributed by atoms with van der Waals surface area (Å²) in [5.74, 6) is -5.70. The summed E-state index contributed by atoms with van der Waals surface area (Å²) in [5.41, 5.74) is 6.63. The van der Waals surface area contributed by atoms with Gasteiger partial charge in [0.15, 0.2) is 41.8 Å². The monoisotopic (exact) mass is 804 g/mol. The smallest absolute Gasteiger partial charge is 0.344 e. The van der Waals surface area contributed by atoms with Crippen molar-refractivity contribution >= 4 is 23.6 Å². The Balaban J connectivity index is 1.58. The number of guanidine groups is 1. The Labute approximate surface area is 326 Å². The number of carbonyl (C=O) groups is 2. The maximum atomic E-state index is 13.4. The van der Waals surface area contributed by atoms with Crippen molar-refractivity contribution in [2.75, 3.05) is 39.4 Å².